The molecule has 0 amide bonds. The summed E-state index contributed by atoms with van der Waals surface area (Å²) in [7, 11) is 4.82. The highest BCUT2D eigenvalue weighted by Crippen LogP contribution is 2.43. The molecule has 0 spiro atoms. The van der Waals surface area contributed by atoms with E-state index in [-0.39, 0.29) is 5.92 Å². The fourth-order valence-electron chi connectivity index (χ4n) is 2.67. The first kappa shape index (κ1) is 17.4. The number of methoxy groups -OCH3 is 3. The molecule has 1 atom stereocenters. The van der Waals surface area contributed by atoms with Crippen LogP contribution in [0.5, 0.6) is 17.2 Å². The molecule has 0 aliphatic carbocycles. The van der Waals surface area contributed by atoms with Gasteiger partial charge in [0.15, 0.2) is 11.5 Å². The van der Waals surface area contributed by atoms with Crippen LogP contribution in [0.3, 0.4) is 0 Å². The molecule has 0 radical (unpaired) electrons. The zero-order valence-corrected chi connectivity index (χ0v) is 14.4. The number of ether oxygens (including phenoxy) is 3. The fraction of sp³-hybridized carbons (Fsp3) is 0.333. The zero-order valence-electron chi connectivity index (χ0n) is 13.6. The fourth-order valence-corrected chi connectivity index (χ4v) is 2.80. The van der Waals surface area contributed by atoms with Crippen molar-refractivity contribution in [1.29, 1.82) is 0 Å². The van der Waals surface area contributed by atoms with E-state index in [1.807, 2.05) is 36.4 Å². The number of rotatable bonds is 7. The predicted octanol–water partition coefficient (Wildman–Crippen LogP) is 3.65. The molecule has 2 rings (SSSR count). The largest absolute Gasteiger partial charge is 0.493 e. The average Bonchev–Trinajstić information content (AvgIpc) is 2.59. The van der Waals surface area contributed by atoms with Crippen molar-refractivity contribution in [3.8, 4) is 17.2 Å². The van der Waals surface area contributed by atoms with Gasteiger partial charge in [-0.3, -0.25) is 0 Å². The van der Waals surface area contributed by atoms with Crippen LogP contribution in [0.2, 0.25) is 5.02 Å². The van der Waals surface area contributed by atoms with Gasteiger partial charge < -0.3 is 19.9 Å². The lowest BCUT2D eigenvalue weighted by atomic mass is 9.91. The number of benzene rings is 2. The monoisotopic (exact) mass is 335 g/mol. The van der Waals surface area contributed by atoms with Crippen molar-refractivity contribution in [2.24, 2.45) is 5.73 Å². The van der Waals surface area contributed by atoms with E-state index in [1.54, 1.807) is 21.3 Å². The van der Waals surface area contributed by atoms with Gasteiger partial charge in [-0.05, 0) is 36.7 Å². The normalized spacial score (nSPS) is 11.9. The topological polar surface area (TPSA) is 53.7 Å². The smallest absolute Gasteiger partial charge is 0.203 e. The van der Waals surface area contributed by atoms with E-state index in [1.165, 1.54) is 5.56 Å². The van der Waals surface area contributed by atoms with Gasteiger partial charge in [-0.25, -0.2) is 0 Å². The second-order valence-electron chi connectivity index (χ2n) is 5.19. The summed E-state index contributed by atoms with van der Waals surface area (Å²) in [6.07, 6.45) is 0.791. The quantitative estimate of drug-likeness (QED) is 0.839. The molecule has 0 saturated heterocycles. The van der Waals surface area contributed by atoms with Crippen LogP contribution in [0.4, 0.5) is 0 Å². The maximum absolute atomic E-state index is 6.01. The molecule has 2 aromatic carbocycles. The Labute approximate surface area is 142 Å². The van der Waals surface area contributed by atoms with Crippen molar-refractivity contribution in [2.45, 2.75) is 12.3 Å². The van der Waals surface area contributed by atoms with E-state index in [9.17, 15) is 0 Å². The Hall–Kier alpha value is -1.91. The summed E-state index contributed by atoms with van der Waals surface area (Å²) < 4.78 is 16.3. The average molecular weight is 336 g/mol. The summed E-state index contributed by atoms with van der Waals surface area (Å²) in [4.78, 5) is 0. The molecule has 23 heavy (non-hydrogen) atoms. The minimum atomic E-state index is 0.103. The van der Waals surface area contributed by atoms with Crippen molar-refractivity contribution in [3.05, 3.63) is 52.5 Å². The molecule has 0 aliphatic heterocycles. The van der Waals surface area contributed by atoms with Gasteiger partial charge in [0.25, 0.3) is 0 Å². The van der Waals surface area contributed by atoms with Gasteiger partial charge in [-0.2, -0.15) is 0 Å². The zero-order chi connectivity index (χ0) is 16.8. The minimum Gasteiger partial charge on any atom is -0.493 e. The number of nitrogens with two attached hydrogens (primary N) is 1. The summed E-state index contributed by atoms with van der Waals surface area (Å²) in [6.45, 7) is 0.495. The summed E-state index contributed by atoms with van der Waals surface area (Å²) in [6, 6.07) is 11.7. The van der Waals surface area contributed by atoms with E-state index in [0.29, 0.717) is 23.8 Å². The van der Waals surface area contributed by atoms with E-state index >= 15 is 0 Å². The van der Waals surface area contributed by atoms with Crippen molar-refractivity contribution in [2.75, 3.05) is 27.9 Å². The second-order valence-corrected chi connectivity index (χ2v) is 5.62. The summed E-state index contributed by atoms with van der Waals surface area (Å²) >= 11 is 5.94. The molecular weight excluding hydrogens is 314 g/mol. The second kappa shape index (κ2) is 8.09. The highest BCUT2D eigenvalue weighted by molar-refractivity contribution is 6.30. The third kappa shape index (κ3) is 3.89. The molecule has 2 N–H and O–H groups in total. The lowest BCUT2D eigenvalue weighted by molar-refractivity contribution is 0.320. The number of halogens is 1. The Morgan fingerprint density at radius 3 is 2.09 bits per heavy atom. The molecule has 5 heteroatoms. The van der Waals surface area contributed by atoms with Crippen LogP contribution >= 0.6 is 11.6 Å². The molecule has 0 heterocycles. The van der Waals surface area contributed by atoms with Gasteiger partial charge in [0, 0.05) is 16.5 Å². The molecule has 2 aromatic rings. The van der Waals surface area contributed by atoms with Gasteiger partial charge in [0.05, 0.1) is 21.3 Å². The van der Waals surface area contributed by atoms with Crippen LogP contribution in [0.15, 0.2) is 36.4 Å². The van der Waals surface area contributed by atoms with Crippen molar-refractivity contribution < 1.29 is 14.2 Å². The van der Waals surface area contributed by atoms with Crippen molar-refractivity contribution >= 4 is 11.6 Å². The molecule has 1 unspecified atom stereocenters. The standard InChI is InChI=1S/C18H22ClNO3/c1-21-16-9-8-15(17(22-2)18(16)23-3)13(11-20)10-12-4-6-14(19)7-5-12/h4-9,13H,10-11,20H2,1-3H3. The van der Waals surface area contributed by atoms with Gasteiger partial charge in [-0.15, -0.1) is 0 Å². The number of hydrogen-bond acceptors (Lipinski definition) is 4. The van der Waals surface area contributed by atoms with E-state index in [0.717, 1.165) is 17.0 Å². The summed E-state index contributed by atoms with van der Waals surface area (Å²) in [5.74, 6) is 1.99. The van der Waals surface area contributed by atoms with Crippen LogP contribution < -0.4 is 19.9 Å². The van der Waals surface area contributed by atoms with Crippen LogP contribution in [-0.4, -0.2) is 27.9 Å². The van der Waals surface area contributed by atoms with Gasteiger partial charge in [0.1, 0.15) is 0 Å². The molecular formula is C18H22ClNO3. The van der Waals surface area contributed by atoms with Crippen LogP contribution in [0.25, 0.3) is 0 Å². The maximum Gasteiger partial charge on any atom is 0.203 e. The van der Waals surface area contributed by atoms with E-state index in [2.05, 4.69) is 0 Å². The maximum atomic E-state index is 6.01. The first-order chi connectivity index (χ1) is 11.1. The number of hydrogen-bond donors (Lipinski definition) is 1. The Kier molecular flexibility index (Phi) is 6.13. The van der Waals surface area contributed by atoms with Crippen molar-refractivity contribution in [1.82, 2.24) is 0 Å². The highest BCUT2D eigenvalue weighted by Gasteiger charge is 2.21. The first-order valence-corrected chi connectivity index (χ1v) is 7.75. The summed E-state index contributed by atoms with van der Waals surface area (Å²) in [5.41, 5.74) is 8.19. The molecule has 0 fully saturated rings. The lowest BCUT2D eigenvalue weighted by Gasteiger charge is -2.21. The Morgan fingerprint density at radius 1 is 0.913 bits per heavy atom. The molecule has 0 aliphatic rings. The van der Waals surface area contributed by atoms with E-state index < -0.39 is 0 Å². The molecule has 0 saturated carbocycles. The Bertz CT molecular complexity index is 643. The third-order valence-electron chi connectivity index (χ3n) is 3.85. The molecule has 0 bridgehead atoms. The predicted molar refractivity (Wildman–Crippen MR) is 93.0 cm³/mol. The highest BCUT2D eigenvalue weighted by atomic mass is 35.5. The summed E-state index contributed by atoms with van der Waals surface area (Å²) in [5, 5.41) is 0.724. The van der Waals surface area contributed by atoms with Crippen LogP contribution in [-0.2, 0) is 6.42 Å². The molecule has 0 aromatic heterocycles. The third-order valence-corrected chi connectivity index (χ3v) is 4.11. The van der Waals surface area contributed by atoms with E-state index in [4.69, 9.17) is 31.5 Å². The Balaban J connectivity index is 2.38. The van der Waals surface area contributed by atoms with Gasteiger partial charge >= 0.3 is 0 Å². The first-order valence-electron chi connectivity index (χ1n) is 7.38. The molecule has 124 valence electrons. The SMILES string of the molecule is COc1ccc(C(CN)Cc2ccc(Cl)cc2)c(OC)c1OC. The van der Waals surface area contributed by atoms with Crippen LogP contribution in [0, 0.1) is 0 Å². The minimum absolute atomic E-state index is 0.103. The van der Waals surface area contributed by atoms with Gasteiger partial charge in [0.2, 0.25) is 5.75 Å². The van der Waals surface area contributed by atoms with Crippen LogP contribution in [0.1, 0.15) is 17.0 Å². The van der Waals surface area contributed by atoms with Gasteiger partial charge in [-0.1, -0.05) is 29.8 Å². The molecule has 4 nitrogen and oxygen atoms in total. The Morgan fingerprint density at radius 2 is 1.57 bits per heavy atom. The lowest BCUT2D eigenvalue weighted by Crippen LogP contribution is -2.16. The van der Waals surface area contributed by atoms with Crippen molar-refractivity contribution in [3.63, 3.8) is 0 Å².